The van der Waals surface area contributed by atoms with Crippen molar-refractivity contribution in [2.75, 3.05) is 38.1 Å². The number of aliphatic imine (C=N–C) groups is 1. The number of aryl methyl sites for hydroxylation is 1. The van der Waals surface area contributed by atoms with E-state index in [1.54, 1.807) is 0 Å². The zero-order valence-corrected chi connectivity index (χ0v) is 17.0. The Morgan fingerprint density at radius 3 is 2.67 bits per heavy atom. The molecule has 0 radical (unpaired) electrons. The van der Waals surface area contributed by atoms with E-state index in [9.17, 15) is 0 Å². The molecule has 2 fully saturated rings. The highest BCUT2D eigenvalue weighted by Crippen LogP contribution is 2.34. The van der Waals surface area contributed by atoms with Gasteiger partial charge >= 0.3 is 0 Å². The van der Waals surface area contributed by atoms with Crippen molar-refractivity contribution in [1.29, 1.82) is 0 Å². The Morgan fingerprint density at radius 2 is 2.00 bits per heavy atom. The summed E-state index contributed by atoms with van der Waals surface area (Å²) in [5, 5.41) is 4.74. The van der Waals surface area contributed by atoms with E-state index in [4.69, 9.17) is 0 Å². The first-order valence-corrected chi connectivity index (χ1v) is 10.6. The van der Waals surface area contributed by atoms with E-state index in [2.05, 4.69) is 66.7 Å². The van der Waals surface area contributed by atoms with E-state index in [0.717, 1.165) is 61.9 Å². The number of rotatable bonds is 5. The molecule has 144 valence electrons. The van der Waals surface area contributed by atoms with Crippen LogP contribution in [0.4, 0.5) is 5.13 Å². The molecule has 0 spiro atoms. The molecule has 1 aromatic heterocycles. The van der Waals surface area contributed by atoms with Crippen LogP contribution in [-0.2, 0) is 12.8 Å². The van der Waals surface area contributed by atoms with Gasteiger partial charge in [0.2, 0.25) is 5.13 Å². The number of piperazine rings is 1. The van der Waals surface area contributed by atoms with Crippen LogP contribution in [0.3, 0.4) is 0 Å². The summed E-state index contributed by atoms with van der Waals surface area (Å²) < 4.78 is 4.41. The Labute approximate surface area is 165 Å². The largest absolute Gasteiger partial charge is 0.353 e. The number of hydrogen-bond donors (Lipinski definition) is 1. The average Bonchev–Trinajstić information content (AvgIpc) is 3.26. The van der Waals surface area contributed by atoms with E-state index in [1.807, 2.05) is 7.05 Å². The van der Waals surface area contributed by atoms with Crippen molar-refractivity contribution in [3.8, 4) is 0 Å². The number of nitrogens with zero attached hydrogens (tertiary/aromatic N) is 5. The van der Waals surface area contributed by atoms with Crippen molar-refractivity contribution in [2.24, 2.45) is 10.9 Å². The molecule has 4 rings (SSSR count). The minimum atomic E-state index is 0.553. The molecule has 1 aliphatic carbocycles. The minimum absolute atomic E-state index is 0.553. The number of benzene rings is 1. The third-order valence-corrected chi connectivity index (χ3v) is 6.23. The summed E-state index contributed by atoms with van der Waals surface area (Å²) in [6.07, 6.45) is 3.29. The van der Waals surface area contributed by atoms with Crippen molar-refractivity contribution in [1.82, 2.24) is 19.6 Å². The van der Waals surface area contributed by atoms with Crippen LogP contribution in [0.2, 0.25) is 0 Å². The Kier molecular flexibility index (Phi) is 5.57. The summed E-state index contributed by atoms with van der Waals surface area (Å²) in [5.74, 6) is 2.72. The standard InChI is InChI=1S/C20H28N6S/c1-3-18-23-20(27-24-18)26-11-9-25(10-12-26)19(21-2)22-17-14-16(17)13-15-7-5-4-6-8-15/h4-8,16-17H,3,9-14H2,1-2H3,(H,21,22). The van der Waals surface area contributed by atoms with Crippen LogP contribution in [0, 0.1) is 5.92 Å². The topological polar surface area (TPSA) is 56.7 Å². The van der Waals surface area contributed by atoms with E-state index in [-0.39, 0.29) is 0 Å². The highest BCUT2D eigenvalue weighted by Gasteiger charge is 2.38. The van der Waals surface area contributed by atoms with Crippen molar-refractivity contribution in [3.05, 3.63) is 41.7 Å². The molecule has 2 heterocycles. The van der Waals surface area contributed by atoms with Crippen LogP contribution in [0.1, 0.15) is 24.7 Å². The third kappa shape index (κ3) is 4.40. The molecule has 1 saturated carbocycles. The minimum Gasteiger partial charge on any atom is -0.353 e. The molecule has 2 aromatic rings. The van der Waals surface area contributed by atoms with Gasteiger partial charge in [0.15, 0.2) is 5.96 Å². The number of nitrogens with one attached hydrogen (secondary N) is 1. The number of hydrogen-bond acceptors (Lipinski definition) is 5. The monoisotopic (exact) mass is 384 g/mol. The van der Waals surface area contributed by atoms with Crippen molar-refractivity contribution < 1.29 is 0 Å². The van der Waals surface area contributed by atoms with Gasteiger partial charge in [-0.2, -0.15) is 4.37 Å². The predicted molar refractivity (Wildman–Crippen MR) is 112 cm³/mol. The first kappa shape index (κ1) is 18.2. The SMILES string of the molecule is CCc1nsc(N2CCN(C(=NC)NC3CC3Cc3ccccc3)CC2)n1. The van der Waals surface area contributed by atoms with Crippen molar-refractivity contribution >= 4 is 22.6 Å². The van der Waals surface area contributed by atoms with Gasteiger partial charge in [0, 0.05) is 57.2 Å². The van der Waals surface area contributed by atoms with Gasteiger partial charge in [0.05, 0.1) is 0 Å². The van der Waals surface area contributed by atoms with Gasteiger partial charge in [0.25, 0.3) is 0 Å². The quantitative estimate of drug-likeness (QED) is 0.634. The molecule has 1 N–H and O–H groups in total. The van der Waals surface area contributed by atoms with E-state index >= 15 is 0 Å². The summed E-state index contributed by atoms with van der Waals surface area (Å²) in [6.45, 7) is 5.98. The maximum absolute atomic E-state index is 4.62. The summed E-state index contributed by atoms with van der Waals surface area (Å²) >= 11 is 1.52. The molecule has 1 saturated heterocycles. The molecule has 7 heteroatoms. The van der Waals surface area contributed by atoms with E-state index in [0.29, 0.717) is 6.04 Å². The average molecular weight is 385 g/mol. The molecule has 0 amide bonds. The normalized spacial score (nSPS) is 22.8. The molecular weight excluding hydrogens is 356 g/mol. The van der Waals surface area contributed by atoms with E-state index < -0.39 is 0 Å². The molecule has 0 bridgehead atoms. The summed E-state index contributed by atoms with van der Waals surface area (Å²) in [6, 6.07) is 11.3. The number of guanidine groups is 1. The Bertz CT molecular complexity index is 766. The molecule has 6 nitrogen and oxygen atoms in total. The zero-order valence-electron chi connectivity index (χ0n) is 16.1. The Morgan fingerprint density at radius 1 is 1.22 bits per heavy atom. The van der Waals surface area contributed by atoms with Gasteiger partial charge in [-0.1, -0.05) is 37.3 Å². The fourth-order valence-electron chi connectivity index (χ4n) is 3.66. The molecule has 2 unspecified atom stereocenters. The molecule has 2 atom stereocenters. The second kappa shape index (κ2) is 8.25. The van der Waals surface area contributed by atoms with Gasteiger partial charge in [-0.25, -0.2) is 4.98 Å². The van der Waals surface area contributed by atoms with Crippen LogP contribution < -0.4 is 10.2 Å². The highest BCUT2D eigenvalue weighted by molar-refractivity contribution is 7.09. The lowest BCUT2D eigenvalue weighted by atomic mass is 10.1. The van der Waals surface area contributed by atoms with Gasteiger partial charge < -0.3 is 15.1 Å². The lowest BCUT2D eigenvalue weighted by molar-refractivity contribution is 0.371. The van der Waals surface area contributed by atoms with Crippen LogP contribution in [0.15, 0.2) is 35.3 Å². The number of anilines is 1. The molecule has 2 aliphatic rings. The maximum Gasteiger partial charge on any atom is 0.205 e. The second-order valence-corrected chi connectivity index (χ2v) is 8.03. The highest BCUT2D eigenvalue weighted by atomic mass is 32.1. The molecule has 1 aromatic carbocycles. The fourth-order valence-corrected chi connectivity index (χ4v) is 4.46. The van der Waals surface area contributed by atoms with E-state index in [1.165, 1.54) is 23.5 Å². The van der Waals surface area contributed by atoms with Gasteiger partial charge in [0.1, 0.15) is 5.82 Å². The lowest BCUT2D eigenvalue weighted by Crippen LogP contribution is -2.53. The Balaban J connectivity index is 1.26. The van der Waals surface area contributed by atoms with Crippen LogP contribution in [-0.4, -0.2) is 59.5 Å². The zero-order chi connectivity index (χ0) is 18.6. The third-order valence-electron chi connectivity index (χ3n) is 5.41. The summed E-state index contributed by atoms with van der Waals surface area (Å²) in [5.41, 5.74) is 1.43. The van der Waals surface area contributed by atoms with Gasteiger partial charge in [-0.15, -0.1) is 0 Å². The first-order valence-electron chi connectivity index (χ1n) is 9.86. The Hall–Kier alpha value is -2.15. The van der Waals surface area contributed by atoms with Crippen molar-refractivity contribution in [2.45, 2.75) is 32.2 Å². The van der Waals surface area contributed by atoms with Crippen LogP contribution in [0.5, 0.6) is 0 Å². The number of aromatic nitrogens is 2. The summed E-state index contributed by atoms with van der Waals surface area (Å²) in [7, 11) is 1.89. The van der Waals surface area contributed by atoms with Crippen LogP contribution in [0.25, 0.3) is 0 Å². The predicted octanol–water partition coefficient (Wildman–Crippen LogP) is 2.43. The lowest BCUT2D eigenvalue weighted by Gasteiger charge is -2.36. The van der Waals surface area contributed by atoms with Gasteiger partial charge in [-0.05, 0) is 24.3 Å². The smallest absolute Gasteiger partial charge is 0.205 e. The molecule has 1 aliphatic heterocycles. The molecular formula is C20H28N6S. The summed E-state index contributed by atoms with van der Waals surface area (Å²) in [4.78, 5) is 13.9. The maximum atomic E-state index is 4.62. The van der Waals surface area contributed by atoms with Gasteiger partial charge in [-0.3, -0.25) is 4.99 Å². The molecule has 27 heavy (non-hydrogen) atoms. The fraction of sp³-hybridized carbons (Fsp3) is 0.550. The van der Waals surface area contributed by atoms with Crippen molar-refractivity contribution in [3.63, 3.8) is 0 Å². The van der Waals surface area contributed by atoms with Crippen LogP contribution >= 0.6 is 11.5 Å². The first-order chi connectivity index (χ1) is 13.3. The second-order valence-electron chi connectivity index (χ2n) is 7.30.